The van der Waals surface area contributed by atoms with Gasteiger partial charge in [-0.1, -0.05) is 24.3 Å². The van der Waals surface area contributed by atoms with Crippen LogP contribution in [0.4, 0.5) is 10.1 Å². The summed E-state index contributed by atoms with van der Waals surface area (Å²) in [5.41, 5.74) is 6.54. The summed E-state index contributed by atoms with van der Waals surface area (Å²) in [6, 6.07) is 20.2. The number of halogens is 1. The average Bonchev–Trinajstić information content (AvgIpc) is 3.09. The van der Waals surface area contributed by atoms with Gasteiger partial charge in [-0.15, -0.1) is 0 Å². The topological polar surface area (TPSA) is 66.3 Å². The monoisotopic (exact) mass is 423 g/mol. The van der Waals surface area contributed by atoms with Gasteiger partial charge in [-0.25, -0.2) is 9.87 Å². The maximum Gasteiger partial charge on any atom is 0.150 e. The largest absolute Gasteiger partial charge is 0.350 e. The number of rotatable bonds is 5. The van der Waals surface area contributed by atoms with Gasteiger partial charge in [0.05, 0.1) is 0 Å². The van der Waals surface area contributed by atoms with Gasteiger partial charge in [0.1, 0.15) is 12.1 Å². The van der Waals surface area contributed by atoms with E-state index in [1.807, 2.05) is 25.2 Å². The van der Waals surface area contributed by atoms with Crippen LogP contribution < -0.4 is 10.2 Å². The van der Waals surface area contributed by atoms with Crippen molar-refractivity contribution in [1.29, 1.82) is 0 Å². The number of nitrogens with zero attached hydrogens (tertiary/aromatic N) is 1. The van der Waals surface area contributed by atoms with Crippen LogP contribution >= 0.6 is 11.9 Å². The molecule has 154 valence electrons. The molecule has 3 N–H and O–H groups in total. The fraction of sp³-hybridized carbons (Fsp3) is 0.0870. The van der Waals surface area contributed by atoms with Crippen LogP contribution in [-0.4, -0.2) is 23.1 Å². The molecule has 0 bridgehead atoms. The highest BCUT2D eigenvalue weighted by Gasteiger charge is 2.10. The number of aromatic nitrogens is 1. The first-order valence-electron chi connectivity index (χ1n) is 9.19. The van der Waals surface area contributed by atoms with Crippen LogP contribution in [0.5, 0.6) is 0 Å². The molecular weight excluding hydrogens is 401 g/mol. The van der Waals surface area contributed by atoms with Gasteiger partial charge < -0.3 is 14.5 Å². The first kappa shape index (κ1) is 21.6. The van der Waals surface area contributed by atoms with Gasteiger partial charge in [-0.3, -0.25) is 4.79 Å². The first-order chi connectivity index (χ1) is 14.5. The van der Waals surface area contributed by atoms with Gasteiger partial charge in [0.25, 0.3) is 0 Å². The second kappa shape index (κ2) is 10.1. The minimum Gasteiger partial charge on any atom is -0.350 e. The number of aldehydes is 1. The Morgan fingerprint density at radius 3 is 2.33 bits per heavy atom. The fourth-order valence-electron chi connectivity index (χ4n) is 3.05. The zero-order valence-electron chi connectivity index (χ0n) is 16.6. The highest BCUT2D eigenvalue weighted by molar-refractivity contribution is 8.00. The number of aryl methyl sites for hydroxylation is 1. The molecule has 1 aromatic heterocycles. The maximum atomic E-state index is 13.3. The Kier molecular flexibility index (Phi) is 7.24. The van der Waals surface area contributed by atoms with Crippen molar-refractivity contribution in [2.75, 3.05) is 11.8 Å². The number of hydrogen-bond acceptors (Lipinski definition) is 5. The van der Waals surface area contributed by atoms with E-state index in [1.54, 1.807) is 29.7 Å². The van der Waals surface area contributed by atoms with Crippen molar-refractivity contribution in [2.45, 2.75) is 4.90 Å². The molecule has 1 heterocycles. The summed E-state index contributed by atoms with van der Waals surface area (Å²) >= 11 is 1.49. The van der Waals surface area contributed by atoms with Crippen molar-refractivity contribution in [1.82, 2.24) is 10.0 Å². The van der Waals surface area contributed by atoms with Crippen molar-refractivity contribution in [3.8, 4) is 11.1 Å². The quantitative estimate of drug-likeness (QED) is 0.224. The second-order valence-electron chi connectivity index (χ2n) is 6.51. The minimum atomic E-state index is -0.238. The molecule has 30 heavy (non-hydrogen) atoms. The Bertz CT molecular complexity index is 1130. The lowest BCUT2D eigenvalue weighted by molar-refractivity contribution is 0.112. The molecule has 4 rings (SSSR count). The summed E-state index contributed by atoms with van der Waals surface area (Å²) in [4.78, 5) is 11.8. The minimum absolute atomic E-state index is 0.238. The summed E-state index contributed by atoms with van der Waals surface area (Å²) in [5, 5.41) is 8.42. The summed E-state index contributed by atoms with van der Waals surface area (Å²) in [6.45, 7) is 0. The molecule has 5 nitrogen and oxygen atoms in total. The lowest BCUT2D eigenvalue weighted by atomic mass is 10.0. The Balaban J connectivity index is 0.000000806. The van der Waals surface area contributed by atoms with Crippen LogP contribution in [0.15, 0.2) is 77.8 Å². The molecule has 4 aromatic rings. The van der Waals surface area contributed by atoms with E-state index in [0.29, 0.717) is 5.56 Å². The van der Waals surface area contributed by atoms with E-state index in [2.05, 4.69) is 27.6 Å². The first-order valence-corrected chi connectivity index (χ1v) is 10.0. The van der Waals surface area contributed by atoms with Crippen LogP contribution in [0.25, 0.3) is 22.0 Å². The normalized spacial score (nSPS) is 10.4. The Morgan fingerprint density at radius 1 is 1.03 bits per heavy atom. The Hall–Kier alpha value is -3.13. The predicted octanol–water partition coefficient (Wildman–Crippen LogP) is 5.51. The molecule has 0 aliphatic rings. The van der Waals surface area contributed by atoms with Gasteiger partial charge in [0.2, 0.25) is 0 Å². The lowest BCUT2D eigenvalue weighted by Gasteiger charge is -2.07. The Labute approximate surface area is 178 Å². The number of benzene rings is 3. The molecule has 0 radical (unpaired) electrons. The maximum absolute atomic E-state index is 13.3. The van der Waals surface area contributed by atoms with E-state index >= 15 is 0 Å². The van der Waals surface area contributed by atoms with E-state index in [1.165, 1.54) is 31.1 Å². The molecule has 0 fully saturated rings. The van der Waals surface area contributed by atoms with Crippen molar-refractivity contribution in [3.63, 3.8) is 0 Å². The average molecular weight is 424 g/mol. The van der Waals surface area contributed by atoms with Gasteiger partial charge in [0, 0.05) is 52.9 Å². The van der Waals surface area contributed by atoms with Crippen molar-refractivity contribution >= 4 is 34.8 Å². The van der Waals surface area contributed by atoms with E-state index in [9.17, 15) is 9.18 Å². The zero-order valence-corrected chi connectivity index (χ0v) is 17.4. The lowest BCUT2D eigenvalue weighted by Crippen LogP contribution is -1.91. The van der Waals surface area contributed by atoms with Gasteiger partial charge in [0.15, 0.2) is 0 Å². The molecule has 0 unspecified atom stereocenters. The number of anilines is 1. The van der Waals surface area contributed by atoms with Crippen molar-refractivity contribution in [2.24, 2.45) is 7.05 Å². The van der Waals surface area contributed by atoms with Gasteiger partial charge >= 0.3 is 0 Å². The molecule has 7 heteroatoms. The van der Waals surface area contributed by atoms with E-state index < -0.39 is 0 Å². The van der Waals surface area contributed by atoms with Crippen LogP contribution in [0.1, 0.15) is 10.4 Å². The van der Waals surface area contributed by atoms with Crippen molar-refractivity contribution < 1.29 is 14.4 Å². The third kappa shape index (κ3) is 5.07. The van der Waals surface area contributed by atoms with Crippen LogP contribution in [0.3, 0.4) is 0 Å². The molecule has 0 amide bonds. The molecule has 0 saturated carbocycles. The molecule has 3 aromatic carbocycles. The van der Waals surface area contributed by atoms with Crippen LogP contribution in [0.2, 0.25) is 0 Å². The number of hydroxylamine groups is 1. The zero-order chi connectivity index (χ0) is 21.5. The summed E-state index contributed by atoms with van der Waals surface area (Å²) in [5.74, 6) is -0.238. The van der Waals surface area contributed by atoms with E-state index in [0.717, 1.165) is 38.9 Å². The predicted molar refractivity (Wildman–Crippen MR) is 120 cm³/mol. The molecule has 0 aliphatic heterocycles. The molecule has 0 spiro atoms. The van der Waals surface area contributed by atoms with Crippen LogP contribution in [-0.2, 0) is 7.05 Å². The number of carbonyl (C=O) groups is 1. The molecule has 0 aliphatic carbocycles. The number of hydrogen-bond donors (Lipinski definition) is 3. The van der Waals surface area contributed by atoms with Crippen molar-refractivity contribution in [3.05, 3.63) is 84.3 Å². The summed E-state index contributed by atoms with van der Waals surface area (Å²) in [6.07, 6.45) is 2.90. The van der Waals surface area contributed by atoms with Gasteiger partial charge in [-0.05, 0) is 60.0 Å². The van der Waals surface area contributed by atoms with E-state index in [4.69, 9.17) is 5.21 Å². The smallest absolute Gasteiger partial charge is 0.150 e. The standard InChI is InChI=1S/C22H17FN2OS.CH5NO/c1-25-13-21(16-4-6-17(23)7-5-16)20-12-18(8-11-22(20)25)24-27-19-9-2-15(14-26)3-10-19;1-2-3/h2-14,24H,1H3;2-3H,1H3. The summed E-state index contributed by atoms with van der Waals surface area (Å²) < 4.78 is 18.7. The fourth-order valence-corrected chi connectivity index (χ4v) is 3.68. The molecule has 0 saturated heterocycles. The summed E-state index contributed by atoms with van der Waals surface area (Å²) in [7, 11) is 3.44. The number of nitrogens with one attached hydrogen (secondary N) is 2. The second-order valence-corrected chi connectivity index (χ2v) is 7.39. The third-order valence-corrected chi connectivity index (χ3v) is 5.29. The van der Waals surface area contributed by atoms with Gasteiger partial charge in [-0.2, -0.15) is 0 Å². The molecule has 0 atom stereocenters. The SMILES string of the molecule is CNO.Cn1cc(-c2ccc(F)cc2)c2cc(NSc3ccc(C=O)cc3)ccc21. The van der Waals surface area contributed by atoms with E-state index in [-0.39, 0.29) is 5.82 Å². The highest BCUT2D eigenvalue weighted by atomic mass is 32.2. The molecular formula is C23H22FN3O2S. The highest BCUT2D eigenvalue weighted by Crippen LogP contribution is 2.33. The Morgan fingerprint density at radius 2 is 1.70 bits per heavy atom. The number of fused-ring (bicyclic) bond motifs is 1. The number of carbonyl (C=O) groups excluding carboxylic acids is 1. The third-order valence-electron chi connectivity index (χ3n) is 4.45. The van der Waals surface area contributed by atoms with Crippen LogP contribution in [0, 0.1) is 5.82 Å².